The minimum Gasteiger partial charge on any atom is -0.395 e. The van der Waals surface area contributed by atoms with Gasteiger partial charge in [-0.25, -0.2) is 8.42 Å². The second-order valence-electron chi connectivity index (χ2n) is 7.16. The summed E-state index contributed by atoms with van der Waals surface area (Å²) in [5.41, 5.74) is 1.76. The van der Waals surface area contributed by atoms with E-state index in [-0.39, 0.29) is 29.9 Å². The molecule has 0 amide bonds. The van der Waals surface area contributed by atoms with E-state index in [0.717, 1.165) is 12.0 Å². The van der Waals surface area contributed by atoms with Crippen LogP contribution in [0.1, 0.15) is 52.6 Å². The van der Waals surface area contributed by atoms with Gasteiger partial charge in [-0.1, -0.05) is 32.9 Å². The number of hydrogen-bond donors (Lipinski definition) is 3. The van der Waals surface area contributed by atoms with Gasteiger partial charge < -0.3 is 10.4 Å². The predicted octanol–water partition coefficient (Wildman–Crippen LogP) is 2.90. The highest BCUT2D eigenvalue weighted by molar-refractivity contribution is 7.92. The highest BCUT2D eigenvalue weighted by atomic mass is 32.2. The molecular formula is C17H30N2O3S. The molecule has 0 saturated carbocycles. The molecule has 1 aromatic carbocycles. The van der Waals surface area contributed by atoms with E-state index in [4.69, 9.17) is 0 Å². The lowest BCUT2D eigenvalue weighted by Crippen LogP contribution is -2.37. The molecule has 3 N–H and O–H groups in total. The van der Waals surface area contributed by atoms with E-state index in [1.807, 2.05) is 19.1 Å². The van der Waals surface area contributed by atoms with Crippen LogP contribution in [0.15, 0.2) is 24.3 Å². The SMILES string of the molecule is CCS(=O)(=O)Nc1ccc(C(C)NC(CO)CC(C)(C)C)cc1. The fraction of sp³-hybridized carbons (Fsp3) is 0.647. The minimum atomic E-state index is -3.25. The molecule has 0 aliphatic rings. The number of sulfonamides is 1. The van der Waals surface area contributed by atoms with Crippen LogP contribution in [0.4, 0.5) is 5.69 Å². The number of benzene rings is 1. The van der Waals surface area contributed by atoms with Gasteiger partial charge in [0, 0.05) is 17.8 Å². The van der Waals surface area contributed by atoms with Crippen LogP contribution in [-0.2, 0) is 10.0 Å². The standard InChI is InChI=1S/C17H30N2O3S/c1-6-23(21,22)19-15-9-7-14(8-10-15)13(2)18-16(12-20)11-17(3,4)5/h7-10,13,16,18-20H,6,11-12H2,1-5H3. The van der Waals surface area contributed by atoms with Crippen molar-refractivity contribution >= 4 is 15.7 Å². The molecular weight excluding hydrogens is 312 g/mol. The fourth-order valence-corrected chi connectivity index (χ4v) is 3.10. The van der Waals surface area contributed by atoms with Crippen LogP contribution in [0, 0.1) is 5.41 Å². The maximum absolute atomic E-state index is 11.6. The monoisotopic (exact) mass is 342 g/mol. The Labute approximate surface area is 140 Å². The molecule has 0 saturated heterocycles. The van der Waals surface area contributed by atoms with E-state index in [2.05, 4.69) is 30.8 Å². The van der Waals surface area contributed by atoms with Crippen molar-refractivity contribution in [3.63, 3.8) is 0 Å². The van der Waals surface area contributed by atoms with E-state index in [9.17, 15) is 13.5 Å². The highest BCUT2D eigenvalue weighted by Crippen LogP contribution is 2.23. The summed E-state index contributed by atoms with van der Waals surface area (Å²) in [5.74, 6) is 0.0533. The zero-order chi connectivity index (χ0) is 17.7. The van der Waals surface area contributed by atoms with Gasteiger partial charge in [-0.3, -0.25) is 4.72 Å². The largest absolute Gasteiger partial charge is 0.395 e. The van der Waals surface area contributed by atoms with E-state index in [1.54, 1.807) is 19.1 Å². The number of anilines is 1. The summed E-state index contributed by atoms with van der Waals surface area (Å²) in [6, 6.07) is 7.43. The lowest BCUT2D eigenvalue weighted by molar-refractivity contribution is 0.190. The van der Waals surface area contributed by atoms with E-state index in [0.29, 0.717) is 5.69 Å². The summed E-state index contributed by atoms with van der Waals surface area (Å²) in [5, 5.41) is 13.0. The Kier molecular flexibility index (Phi) is 7.04. The van der Waals surface area contributed by atoms with Crippen molar-refractivity contribution in [3.05, 3.63) is 29.8 Å². The highest BCUT2D eigenvalue weighted by Gasteiger charge is 2.20. The van der Waals surface area contributed by atoms with Crippen LogP contribution in [0.5, 0.6) is 0 Å². The molecule has 0 heterocycles. The normalized spacial score (nSPS) is 15.2. The lowest BCUT2D eigenvalue weighted by atomic mass is 9.88. The number of nitrogens with one attached hydrogen (secondary N) is 2. The van der Waals surface area contributed by atoms with Crippen LogP contribution in [0.3, 0.4) is 0 Å². The van der Waals surface area contributed by atoms with Gasteiger partial charge in [0.1, 0.15) is 0 Å². The van der Waals surface area contributed by atoms with Crippen molar-refractivity contribution in [2.24, 2.45) is 5.41 Å². The molecule has 0 aromatic heterocycles. The first kappa shape index (κ1) is 19.9. The molecule has 132 valence electrons. The molecule has 6 heteroatoms. The molecule has 2 unspecified atom stereocenters. The Hall–Kier alpha value is -1.11. The number of aliphatic hydroxyl groups is 1. The van der Waals surface area contributed by atoms with Gasteiger partial charge in [-0.05, 0) is 43.4 Å². The van der Waals surface area contributed by atoms with Crippen LogP contribution >= 0.6 is 0 Å². The average Bonchev–Trinajstić information content (AvgIpc) is 2.45. The lowest BCUT2D eigenvalue weighted by Gasteiger charge is -2.28. The summed E-state index contributed by atoms with van der Waals surface area (Å²) in [7, 11) is -3.25. The zero-order valence-corrected chi connectivity index (χ0v) is 15.6. The third-order valence-corrected chi connectivity index (χ3v) is 4.94. The molecule has 0 aliphatic heterocycles. The van der Waals surface area contributed by atoms with Crippen molar-refractivity contribution in [3.8, 4) is 0 Å². The molecule has 2 atom stereocenters. The molecule has 1 aromatic rings. The Morgan fingerprint density at radius 1 is 1.17 bits per heavy atom. The Bertz CT molecular complexity index is 577. The van der Waals surface area contributed by atoms with Gasteiger partial charge in [0.2, 0.25) is 10.0 Å². The molecule has 0 spiro atoms. The van der Waals surface area contributed by atoms with Crippen LogP contribution in [0.2, 0.25) is 0 Å². The first-order valence-corrected chi connectivity index (χ1v) is 9.69. The van der Waals surface area contributed by atoms with Gasteiger partial charge in [0.15, 0.2) is 0 Å². The summed E-state index contributed by atoms with van der Waals surface area (Å²) < 4.78 is 25.6. The Morgan fingerprint density at radius 2 is 1.74 bits per heavy atom. The van der Waals surface area contributed by atoms with Gasteiger partial charge in [-0.15, -0.1) is 0 Å². The van der Waals surface area contributed by atoms with Crippen molar-refractivity contribution < 1.29 is 13.5 Å². The average molecular weight is 343 g/mol. The van der Waals surface area contributed by atoms with Gasteiger partial charge in [0.05, 0.1) is 12.4 Å². The number of rotatable bonds is 8. The summed E-state index contributed by atoms with van der Waals surface area (Å²) in [4.78, 5) is 0. The van der Waals surface area contributed by atoms with Crippen molar-refractivity contribution in [1.82, 2.24) is 5.32 Å². The predicted molar refractivity (Wildman–Crippen MR) is 96.0 cm³/mol. The maximum Gasteiger partial charge on any atom is 0.232 e. The van der Waals surface area contributed by atoms with Gasteiger partial charge in [0.25, 0.3) is 0 Å². The van der Waals surface area contributed by atoms with E-state index in [1.165, 1.54) is 0 Å². The molecule has 23 heavy (non-hydrogen) atoms. The number of aliphatic hydroxyl groups excluding tert-OH is 1. The van der Waals surface area contributed by atoms with Gasteiger partial charge in [-0.2, -0.15) is 0 Å². The third-order valence-electron chi connectivity index (χ3n) is 3.63. The summed E-state index contributed by atoms with van der Waals surface area (Å²) >= 11 is 0. The van der Waals surface area contributed by atoms with Crippen molar-refractivity contribution in [2.75, 3.05) is 17.1 Å². The second kappa shape index (κ2) is 8.13. The van der Waals surface area contributed by atoms with Gasteiger partial charge >= 0.3 is 0 Å². The third kappa shape index (κ3) is 7.33. The fourth-order valence-electron chi connectivity index (χ4n) is 2.46. The quantitative estimate of drug-likeness (QED) is 0.679. The molecule has 5 nitrogen and oxygen atoms in total. The molecule has 0 fully saturated rings. The van der Waals surface area contributed by atoms with Crippen LogP contribution in [0.25, 0.3) is 0 Å². The Balaban J connectivity index is 2.71. The Morgan fingerprint density at radius 3 is 2.17 bits per heavy atom. The first-order chi connectivity index (χ1) is 10.6. The molecule has 0 aliphatic carbocycles. The van der Waals surface area contributed by atoms with E-state index >= 15 is 0 Å². The van der Waals surface area contributed by atoms with Crippen molar-refractivity contribution in [2.45, 2.75) is 53.1 Å². The zero-order valence-electron chi connectivity index (χ0n) is 14.8. The topological polar surface area (TPSA) is 78.4 Å². The number of hydrogen-bond acceptors (Lipinski definition) is 4. The first-order valence-electron chi connectivity index (χ1n) is 8.03. The summed E-state index contributed by atoms with van der Waals surface area (Å²) in [6.45, 7) is 10.2. The second-order valence-corrected chi connectivity index (χ2v) is 9.17. The van der Waals surface area contributed by atoms with Crippen LogP contribution in [-0.4, -0.2) is 31.9 Å². The maximum atomic E-state index is 11.6. The molecule has 0 bridgehead atoms. The molecule has 0 radical (unpaired) electrons. The van der Waals surface area contributed by atoms with Crippen LogP contribution < -0.4 is 10.0 Å². The molecule has 1 rings (SSSR count). The smallest absolute Gasteiger partial charge is 0.232 e. The minimum absolute atomic E-state index is 0.0308. The van der Waals surface area contributed by atoms with E-state index < -0.39 is 10.0 Å². The van der Waals surface area contributed by atoms with Crippen molar-refractivity contribution in [1.29, 1.82) is 0 Å². The summed E-state index contributed by atoms with van der Waals surface area (Å²) in [6.07, 6.45) is 0.877.